The summed E-state index contributed by atoms with van der Waals surface area (Å²) >= 11 is 0. The van der Waals surface area contributed by atoms with Crippen molar-refractivity contribution < 1.29 is 14.3 Å². The van der Waals surface area contributed by atoms with E-state index < -0.39 is 16.5 Å². The highest BCUT2D eigenvalue weighted by molar-refractivity contribution is 6.30. The Kier molecular flexibility index (Phi) is 3.32. The van der Waals surface area contributed by atoms with Gasteiger partial charge >= 0.3 is 0 Å². The minimum absolute atomic E-state index is 0.0133. The lowest BCUT2D eigenvalue weighted by Crippen LogP contribution is -2.83. The van der Waals surface area contributed by atoms with E-state index in [1.807, 2.05) is 59.5 Å². The second kappa shape index (κ2) is 5.74. The van der Waals surface area contributed by atoms with Crippen molar-refractivity contribution in [2.45, 2.75) is 44.2 Å². The Balaban J connectivity index is 1.47. The smallest absolute Gasteiger partial charge is 0.253 e. The van der Waals surface area contributed by atoms with Gasteiger partial charge in [0.25, 0.3) is 5.91 Å². The molecule has 0 aromatic heterocycles. The highest BCUT2D eigenvalue weighted by atomic mass is 16.5. The average Bonchev–Trinajstić information content (AvgIpc) is 3.36. The Hall–Kier alpha value is -3.41. The highest BCUT2D eigenvalue weighted by Gasteiger charge is 2.73. The number of hydrogen-bond acceptors (Lipinski definition) is 3. The zero-order valence-electron chi connectivity index (χ0n) is 18.7. The fourth-order valence-corrected chi connectivity index (χ4v) is 7.30. The average molecular weight is 440 g/mol. The molecule has 2 aromatic rings. The summed E-state index contributed by atoms with van der Waals surface area (Å²) in [7, 11) is 0. The fourth-order valence-electron chi connectivity index (χ4n) is 7.30. The summed E-state index contributed by atoms with van der Waals surface area (Å²) in [6.45, 7) is 4.75. The number of nitrogens with zero attached hydrogens (tertiary/aromatic N) is 2. The Bertz CT molecular complexity index is 1340. The van der Waals surface area contributed by atoms with E-state index >= 15 is 0 Å². The van der Waals surface area contributed by atoms with Crippen molar-refractivity contribution >= 4 is 28.8 Å². The summed E-state index contributed by atoms with van der Waals surface area (Å²) < 4.78 is 1.06. The molecule has 8 rings (SSSR count). The van der Waals surface area contributed by atoms with Crippen molar-refractivity contribution in [1.29, 1.82) is 0 Å². The Labute approximate surface area is 192 Å². The minimum atomic E-state index is -1.10. The third-order valence-electron chi connectivity index (χ3n) is 8.85. The van der Waals surface area contributed by atoms with E-state index in [4.69, 9.17) is 0 Å². The molecule has 166 valence electrons. The third-order valence-corrected chi connectivity index (χ3v) is 8.85. The number of benzene rings is 2. The molecular weight excluding hydrogens is 414 g/mol. The first-order chi connectivity index (χ1) is 15.8. The molecule has 2 bridgehead atoms. The van der Waals surface area contributed by atoms with Crippen LogP contribution in [0.5, 0.6) is 0 Å². The van der Waals surface area contributed by atoms with Gasteiger partial charge < -0.3 is 15.4 Å². The minimum Gasteiger partial charge on any atom is -0.618 e. The summed E-state index contributed by atoms with van der Waals surface area (Å²) in [6, 6.07) is 15.9. The van der Waals surface area contributed by atoms with Crippen LogP contribution in [-0.4, -0.2) is 44.8 Å². The first-order valence-electron chi connectivity index (χ1n) is 11.7. The number of amides is 2. The molecule has 4 fully saturated rings. The van der Waals surface area contributed by atoms with Crippen molar-refractivity contribution in [2.75, 3.05) is 6.54 Å². The summed E-state index contributed by atoms with van der Waals surface area (Å²) in [6.07, 6.45) is 4.04. The lowest BCUT2D eigenvalue weighted by molar-refractivity contribution is -0.362. The number of nitrogens with one attached hydrogen (secondary N) is 1. The normalized spacial score (nSPS) is 32.7. The van der Waals surface area contributed by atoms with E-state index in [0.717, 1.165) is 33.4 Å². The van der Waals surface area contributed by atoms with Crippen LogP contribution >= 0.6 is 0 Å². The van der Waals surface area contributed by atoms with E-state index in [-0.39, 0.29) is 17.7 Å². The zero-order valence-corrected chi connectivity index (χ0v) is 18.7. The zero-order chi connectivity index (χ0) is 22.8. The number of piperidine rings is 2. The number of carbonyl (C=O) groups is 2. The van der Waals surface area contributed by atoms with Crippen molar-refractivity contribution in [3.05, 3.63) is 65.4 Å². The molecule has 3 atom stereocenters. The van der Waals surface area contributed by atoms with Crippen LogP contribution in [0, 0.1) is 16.5 Å². The van der Waals surface area contributed by atoms with Crippen molar-refractivity contribution in [3.8, 4) is 11.1 Å². The van der Waals surface area contributed by atoms with Crippen LogP contribution in [-0.2, 0) is 9.59 Å². The van der Waals surface area contributed by atoms with Gasteiger partial charge in [-0.3, -0.25) is 9.59 Å². The largest absolute Gasteiger partial charge is 0.618 e. The molecule has 0 unspecified atom stereocenters. The number of fused-ring (bicyclic) bond motifs is 4. The lowest BCUT2D eigenvalue weighted by atomic mass is 9.51. The highest BCUT2D eigenvalue weighted by Crippen LogP contribution is 2.60. The molecule has 5 aliphatic heterocycles. The van der Waals surface area contributed by atoms with Crippen molar-refractivity contribution in [3.63, 3.8) is 0 Å². The van der Waals surface area contributed by atoms with Crippen LogP contribution in [0.3, 0.4) is 0 Å². The van der Waals surface area contributed by atoms with Crippen LogP contribution in [0.15, 0.2) is 54.6 Å². The second-order valence-electron chi connectivity index (χ2n) is 10.7. The monoisotopic (exact) mass is 439 g/mol. The molecule has 1 N–H and O–H groups in total. The number of allylic oxidation sites excluding steroid dienone is 1. The van der Waals surface area contributed by atoms with Gasteiger partial charge in [-0.05, 0) is 62.4 Å². The molecule has 4 saturated heterocycles. The van der Waals surface area contributed by atoms with Gasteiger partial charge in [-0.25, -0.2) is 0 Å². The summed E-state index contributed by atoms with van der Waals surface area (Å²) in [5.41, 5.74) is 2.56. The van der Waals surface area contributed by atoms with Gasteiger partial charge in [0, 0.05) is 18.5 Å². The molecule has 6 heteroatoms. The van der Waals surface area contributed by atoms with Crippen LogP contribution in [0.1, 0.15) is 38.7 Å². The quantitative estimate of drug-likeness (QED) is 0.545. The Morgan fingerprint density at radius 2 is 1.88 bits per heavy atom. The number of carbonyl (C=O) groups excluding carboxylic acids is 2. The molecule has 0 radical (unpaired) electrons. The second-order valence-corrected chi connectivity index (χ2v) is 10.7. The van der Waals surface area contributed by atoms with Crippen LogP contribution < -0.4 is 5.32 Å². The van der Waals surface area contributed by atoms with Gasteiger partial charge in [-0.15, -0.1) is 0 Å². The topological polar surface area (TPSA) is 75.5 Å². The SMILES string of the molecule is CC1(C)C2=[N+]([O-])c3ccc(-c4ccccc4)cc3C2=C[C@]23NC(=O)[C@@]4(CCCN4C2=O)C[C@H]13. The summed E-state index contributed by atoms with van der Waals surface area (Å²) in [4.78, 5) is 29.0. The molecule has 5 heterocycles. The first-order valence-corrected chi connectivity index (χ1v) is 11.7. The third kappa shape index (κ3) is 2.04. The molecule has 2 spiro atoms. The predicted molar refractivity (Wildman–Crippen MR) is 125 cm³/mol. The van der Waals surface area contributed by atoms with E-state index in [9.17, 15) is 14.8 Å². The van der Waals surface area contributed by atoms with Gasteiger partial charge in [-0.1, -0.05) is 30.3 Å². The van der Waals surface area contributed by atoms with E-state index in [1.54, 1.807) is 0 Å². The van der Waals surface area contributed by atoms with Gasteiger partial charge in [0.15, 0.2) is 0 Å². The van der Waals surface area contributed by atoms with Gasteiger partial charge in [0.05, 0.1) is 16.6 Å². The van der Waals surface area contributed by atoms with E-state index in [0.29, 0.717) is 30.8 Å². The van der Waals surface area contributed by atoms with Crippen LogP contribution in [0.25, 0.3) is 16.7 Å². The first kappa shape index (κ1) is 19.1. The van der Waals surface area contributed by atoms with Gasteiger partial charge in [-0.2, -0.15) is 4.74 Å². The molecule has 0 saturated carbocycles. The fraction of sp³-hybridized carbons (Fsp3) is 0.370. The standard InChI is InChI=1S/C27H25N3O3/c1-25(2)21-15-26-11-6-12-29(26)24(32)27(21,28-23(26)31)14-19-18-13-17(16-7-4-3-5-8-16)9-10-20(18)30(33)22(19)25/h3-5,7-10,13-14,21H,6,11-12,15H2,1-2H3,(H,28,31)/t21-,26-,27-/m1/s1. The molecule has 1 aliphatic carbocycles. The maximum Gasteiger partial charge on any atom is 0.253 e. The predicted octanol–water partition coefficient (Wildman–Crippen LogP) is 3.62. The molecule has 2 aromatic carbocycles. The van der Waals surface area contributed by atoms with Gasteiger partial charge in [0.1, 0.15) is 11.1 Å². The number of rotatable bonds is 1. The van der Waals surface area contributed by atoms with E-state index in [1.165, 1.54) is 0 Å². The Morgan fingerprint density at radius 1 is 1.09 bits per heavy atom. The lowest BCUT2D eigenvalue weighted by Gasteiger charge is -2.62. The molecule has 6 nitrogen and oxygen atoms in total. The van der Waals surface area contributed by atoms with Gasteiger partial charge in [0.2, 0.25) is 17.3 Å². The van der Waals surface area contributed by atoms with Crippen molar-refractivity contribution in [2.24, 2.45) is 11.3 Å². The van der Waals surface area contributed by atoms with Crippen molar-refractivity contribution in [1.82, 2.24) is 10.2 Å². The van der Waals surface area contributed by atoms with E-state index in [2.05, 4.69) is 19.2 Å². The summed E-state index contributed by atoms with van der Waals surface area (Å²) in [5.74, 6) is -0.217. The maximum absolute atomic E-state index is 13.9. The molecule has 33 heavy (non-hydrogen) atoms. The van der Waals surface area contributed by atoms with Crippen LogP contribution in [0.2, 0.25) is 0 Å². The Morgan fingerprint density at radius 3 is 2.67 bits per heavy atom. The van der Waals surface area contributed by atoms with Crippen LogP contribution in [0.4, 0.5) is 5.69 Å². The number of piperazine rings is 1. The summed E-state index contributed by atoms with van der Waals surface area (Å²) in [5, 5.41) is 16.8. The molecule has 6 aliphatic rings. The number of hydrogen-bond donors (Lipinski definition) is 1. The molecular formula is C27H25N3O3. The molecule has 2 amide bonds. The maximum atomic E-state index is 13.9.